The van der Waals surface area contributed by atoms with Gasteiger partial charge in [-0.15, -0.1) is 0 Å². The number of aryl methyl sites for hydroxylation is 2. The molecule has 14 heavy (non-hydrogen) atoms. The number of aromatic nitrogens is 3. The largest absolute Gasteiger partial charge is 0.270 e. The molecular formula is C11H13N3. The second kappa shape index (κ2) is 3.62. The average molecular weight is 187 g/mol. The Kier molecular flexibility index (Phi) is 2.31. The molecule has 2 rings (SSSR count). The SMILES string of the molecule is CCn1nc(-c2cccnc2)cc1C. The van der Waals surface area contributed by atoms with Crippen molar-refractivity contribution in [2.75, 3.05) is 0 Å². The highest BCUT2D eigenvalue weighted by atomic mass is 15.3. The minimum atomic E-state index is 0.909. The topological polar surface area (TPSA) is 30.7 Å². The molecule has 0 aliphatic carbocycles. The lowest BCUT2D eigenvalue weighted by molar-refractivity contribution is 0.642. The van der Waals surface area contributed by atoms with Gasteiger partial charge in [0.1, 0.15) is 0 Å². The molecule has 0 aliphatic heterocycles. The third-order valence-electron chi connectivity index (χ3n) is 2.24. The van der Waals surface area contributed by atoms with Crippen LogP contribution >= 0.6 is 0 Å². The second-order valence-electron chi connectivity index (χ2n) is 3.23. The number of hydrogen-bond acceptors (Lipinski definition) is 2. The van der Waals surface area contributed by atoms with Crippen LogP contribution in [0.3, 0.4) is 0 Å². The zero-order valence-corrected chi connectivity index (χ0v) is 8.44. The lowest BCUT2D eigenvalue weighted by atomic mass is 10.2. The fourth-order valence-electron chi connectivity index (χ4n) is 1.49. The Hall–Kier alpha value is -1.64. The molecule has 0 aliphatic rings. The van der Waals surface area contributed by atoms with Gasteiger partial charge in [-0.2, -0.15) is 5.10 Å². The van der Waals surface area contributed by atoms with E-state index in [9.17, 15) is 0 Å². The van der Waals surface area contributed by atoms with E-state index in [0.29, 0.717) is 0 Å². The first-order chi connectivity index (χ1) is 6.81. The van der Waals surface area contributed by atoms with Crippen LogP contribution < -0.4 is 0 Å². The summed E-state index contributed by atoms with van der Waals surface area (Å²) >= 11 is 0. The Morgan fingerprint density at radius 2 is 2.29 bits per heavy atom. The third kappa shape index (κ3) is 1.53. The lowest BCUT2D eigenvalue weighted by Gasteiger charge is -1.96. The van der Waals surface area contributed by atoms with Gasteiger partial charge < -0.3 is 0 Å². The molecule has 0 saturated heterocycles. The van der Waals surface area contributed by atoms with Crippen molar-refractivity contribution in [1.29, 1.82) is 0 Å². The summed E-state index contributed by atoms with van der Waals surface area (Å²) in [6.45, 7) is 5.06. The minimum absolute atomic E-state index is 0.909. The molecule has 0 atom stereocenters. The van der Waals surface area contributed by atoms with Gasteiger partial charge in [-0.1, -0.05) is 0 Å². The molecule has 0 N–H and O–H groups in total. The summed E-state index contributed by atoms with van der Waals surface area (Å²) in [4.78, 5) is 4.08. The van der Waals surface area contributed by atoms with Crippen molar-refractivity contribution in [2.45, 2.75) is 20.4 Å². The van der Waals surface area contributed by atoms with E-state index in [1.165, 1.54) is 5.69 Å². The highest BCUT2D eigenvalue weighted by Gasteiger charge is 2.04. The summed E-state index contributed by atoms with van der Waals surface area (Å²) in [6.07, 6.45) is 3.61. The summed E-state index contributed by atoms with van der Waals surface area (Å²) in [5.41, 5.74) is 3.26. The van der Waals surface area contributed by atoms with Gasteiger partial charge in [0, 0.05) is 30.2 Å². The molecule has 72 valence electrons. The molecule has 0 saturated carbocycles. The van der Waals surface area contributed by atoms with Crippen LogP contribution in [0.15, 0.2) is 30.6 Å². The molecule has 0 amide bonds. The predicted molar refractivity (Wildman–Crippen MR) is 55.9 cm³/mol. The molecule has 3 heteroatoms. The van der Waals surface area contributed by atoms with Crippen LogP contribution in [0.1, 0.15) is 12.6 Å². The molecule has 3 nitrogen and oxygen atoms in total. The zero-order valence-electron chi connectivity index (χ0n) is 8.44. The van der Waals surface area contributed by atoms with Crippen LogP contribution in [-0.2, 0) is 6.54 Å². The molecule has 2 aromatic heterocycles. The first kappa shape index (κ1) is 8.94. The van der Waals surface area contributed by atoms with Gasteiger partial charge in [0.25, 0.3) is 0 Å². The fourth-order valence-corrected chi connectivity index (χ4v) is 1.49. The normalized spacial score (nSPS) is 10.4. The third-order valence-corrected chi connectivity index (χ3v) is 2.24. The van der Waals surface area contributed by atoms with Crippen LogP contribution in [0.2, 0.25) is 0 Å². The molecule has 0 radical (unpaired) electrons. The van der Waals surface area contributed by atoms with Crippen molar-refractivity contribution in [2.24, 2.45) is 0 Å². The maximum absolute atomic E-state index is 4.48. The van der Waals surface area contributed by atoms with E-state index in [4.69, 9.17) is 0 Å². The quantitative estimate of drug-likeness (QED) is 0.722. The van der Waals surface area contributed by atoms with Gasteiger partial charge in [-0.25, -0.2) is 0 Å². The van der Waals surface area contributed by atoms with Crippen molar-refractivity contribution in [3.05, 3.63) is 36.3 Å². The Morgan fingerprint density at radius 1 is 1.43 bits per heavy atom. The van der Waals surface area contributed by atoms with Crippen LogP contribution in [0.25, 0.3) is 11.3 Å². The summed E-state index contributed by atoms with van der Waals surface area (Å²) in [6, 6.07) is 6.03. The molecule has 2 heterocycles. The number of hydrogen-bond donors (Lipinski definition) is 0. The van der Waals surface area contributed by atoms with Crippen LogP contribution in [0, 0.1) is 6.92 Å². The monoisotopic (exact) mass is 187 g/mol. The average Bonchev–Trinajstić information content (AvgIpc) is 2.61. The summed E-state index contributed by atoms with van der Waals surface area (Å²) < 4.78 is 1.99. The van der Waals surface area contributed by atoms with Crippen LogP contribution in [0.4, 0.5) is 0 Å². The van der Waals surface area contributed by atoms with E-state index in [1.54, 1.807) is 6.20 Å². The first-order valence-electron chi connectivity index (χ1n) is 4.76. The molecule has 2 aromatic rings. The molecule has 0 bridgehead atoms. The Balaban J connectivity index is 2.43. The van der Waals surface area contributed by atoms with Gasteiger partial charge in [-0.3, -0.25) is 9.67 Å². The van der Waals surface area contributed by atoms with E-state index in [0.717, 1.165) is 17.8 Å². The van der Waals surface area contributed by atoms with E-state index in [2.05, 4.69) is 30.0 Å². The van der Waals surface area contributed by atoms with E-state index >= 15 is 0 Å². The summed E-state index contributed by atoms with van der Waals surface area (Å²) in [5.74, 6) is 0. The smallest absolute Gasteiger partial charge is 0.0941 e. The van der Waals surface area contributed by atoms with Gasteiger partial charge in [0.2, 0.25) is 0 Å². The maximum Gasteiger partial charge on any atom is 0.0941 e. The number of rotatable bonds is 2. The van der Waals surface area contributed by atoms with E-state index in [1.807, 2.05) is 23.0 Å². The molecule has 0 fully saturated rings. The number of nitrogens with zero attached hydrogens (tertiary/aromatic N) is 3. The van der Waals surface area contributed by atoms with Gasteiger partial charge in [0.05, 0.1) is 5.69 Å². The van der Waals surface area contributed by atoms with Gasteiger partial charge >= 0.3 is 0 Å². The van der Waals surface area contributed by atoms with Gasteiger partial charge in [0.15, 0.2) is 0 Å². The Morgan fingerprint density at radius 3 is 2.86 bits per heavy atom. The van der Waals surface area contributed by atoms with Crippen molar-refractivity contribution >= 4 is 0 Å². The van der Waals surface area contributed by atoms with Crippen molar-refractivity contribution in [1.82, 2.24) is 14.8 Å². The van der Waals surface area contributed by atoms with E-state index < -0.39 is 0 Å². The number of pyridine rings is 1. The van der Waals surface area contributed by atoms with Crippen molar-refractivity contribution in [3.63, 3.8) is 0 Å². The molecule has 0 aromatic carbocycles. The standard InChI is InChI=1S/C11H13N3/c1-3-14-9(2)7-11(13-14)10-5-4-6-12-8-10/h4-8H,3H2,1-2H3. The predicted octanol–water partition coefficient (Wildman–Crippen LogP) is 2.27. The highest BCUT2D eigenvalue weighted by Crippen LogP contribution is 2.17. The first-order valence-corrected chi connectivity index (χ1v) is 4.76. The minimum Gasteiger partial charge on any atom is -0.270 e. The van der Waals surface area contributed by atoms with Gasteiger partial charge in [-0.05, 0) is 32.0 Å². The maximum atomic E-state index is 4.48. The fraction of sp³-hybridized carbons (Fsp3) is 0.273. The molecule has 0 unspecified atom stereocenters. The molecule has 0 spiro atoms. The summed E-state index contributed by atoms with van der Waals surface area (Å²) in [5, 5.41) is 4.48. The zero-order chi connectivity index (χ0) is 9.97. The van der Waals surface area contributed by atoms with Crippen molar-refractivity contribution < 1.29 is 0 Å². The summed E-state index contributed by atoms with van der Waals surface area (Å²) in [7, 11) is 0. The molecular weight excluding hydrogens is 174 g/mol. The second-order valence-corrected chi connectivity index (χ2v) is 3.23. The Labute approximate surface area is 83.4 Å². The van der Waals surface area contributed by atoms with Crippen molar-refractivity contribution in [3.8, 4) is 11.3 Å². The lowest BCUT2D eigenvalue weighted by Crippen LogP contribution is -1.98. The Bertz CT molecular complexity index is 417. The van der Waals surface area contributed by atoms with Crippen LogP contribution in [-0.4, -0.2) is 14.8 Å². The van der Waals surface area contributed by atoms with E-state index in [-0.39, 0.29) is 0 Å². The van der Waals surface area contributed by atoms with Crippen LogP contribution in [0.5, 0.6) is 0 Å². The highest BCUT2D eigenvalue weighted by molar-refractivity contribution is 5.57.